The summed E-state index contributed by atoms with van der Waals surface area (Å²) in [6.45, 7) is 1.22. The highest BCUT2D eigenvalue weighted by molar-refractivity contribution is 5.21. The third-order valence-electron chi connectivity index (χ3n) is 1.69. The van der Waals surface area contributed by atoms with E-state index in [-0.39, 0.29) is 6.04 Å². The third-order valence-corrected chi connectivity index (χ3v) is 1.69. The fourth-order valence-electron chi connectivity index (χ4n) is 1.14. The number of aromatic nitrogens is 2. The second-order valence-electron chi connectivity index (χ2n) is 2.43. The van der Waals surface area contributed by atoms with Crippen LogP contribution in [0, 0.1) is 0 Å². The minimum atomic E-state index is 0.00231. The van der Waals surface area contributed by atoms with Gasteiger partial charge < -0.3 is 10.5 Å². The van der Waals surface area contributed by atoms with Crippen LogP contribution in [0.25, 0.3) is 0 Å². The second-order valence-corrected chi connectivity index (χ2v) is 2.43. The molecule has 0 spiro atoms. The molecule has 0 bridgehead atoms. The van der Waals surface area contributed by atoms with Gasteiger partial charge in [-0.3, -0.25) is 5.10 Å². The second kappa shape index (κ2) is 2.07. The number of nitrogens with zero attached hydrogens (tertiary/aromatic N) is 1. The van der Waals surface area contributed by atoms with Gasteiger partial charge in [0.05, 0.1) is 31.1 Å². The van der Waals surface area contributed by atoms with Crippen molar-refractivity contribution in [3.05, 3.63) is 17.5 Å². The molecule has 0 amide bonds. The predicted octanol–water partition coefficient (Wildman–Crippen LogP) is -0.0603. The van der Waals surface area contributed by atoms with Gasteiger partial charge >= 0.3 is 0 Å². The first-order valence-corrected chi connectivity index (χ1v) is 3.23. The minimum Gasteiger partial charge on any atom is -0.373 e. The standard InChI is InChI=1S/C6H9N3O/c7-5-2-10-3-6-4(5)1-8-9-6/h1,5H,2-3,7H2,(H,8,9). The first kappa shape index (κ1) is 5.88. The Morgan fingerprint density at radius 2 is 2.70 bits per heavy atom. The van der Waals surface area contributed by atoms with E-state index in [4.69, 9.17) is 10.5 Å². The molecule has 1 unspecified atom stereocenters. The SMILES string of the molecule is NC1COCc2[nH]ncc21. The van der Waals surface area contributed by atoms with Crippen molar-refractivity contribution < 1.29 is 4.74 Å². The van der Waals surface area contributed by atoms with Gasteiger partial charge in [0.15, 0.2) is 0 Å². The van der Waals surface area contributed by atoms with Crippen LogP contribution in [0.3, 0.4) is 0 Å². The van der Waals surface area contributed by atoms with E-state index < -0.39 is 0 Å². The number of aromatic amines is 1. The van der Waals surface area contributed by atoms with Crippen LogP contribution in [0.1, 0.15) is 17.3 Å². The van der Waals surface area contributed by atoms with E-state index >= 15 is 0 Å². The van der Waals surface area contributed by atoms with Gasteiger partial charge in [-0.15, -0.1) is 0 Å². The van der Waals surface area contributed by atoms with Crippen LogP contribution in [0.15, 0.2) is 6.20 Å². The Hall–Kier alpha value is -0.870. The van der Waals surface area contributed by atoms with Crippen LogP contribution in [-0.2, 0) is 11.3 Å². The van der Waals surface area contributed by atoms with Gasteiger partial charge in [0, 0.05) is 5.56 Å². The zero-order valence-electron chi connectivity index (χ0n) is 5.50. The molecule has 4 heteroatoms. The summed E-state index contributed by atoms with van der Waals surface area (Å²) in [5, 5.41) is 6.70. The Bertz CT molecular complexity index is 233. The normalized spacial score (nSPS) is 24.3. The average molecular weight is 139 g/mol. The molecule has 10 heavy (non-hydrogen) atoms. The average Bonchev–Trinajstić information content (AvgIpc) is 2.36. The summed E-state index contributed by atoms with van der Waals surface area (Å²) in [5.74, 6) is 0. The van der Waals surface area contributed by atoms with Gasteiger partial charge in [0.1, 0.15) is 0 Å². The number of hydrogen-bond acceptors (Lipinski definition) is 3. The predicted molar refractivity (Wildman–Crippen MR) is 35.2 cm³/mol. The van der Waals surface area contributed by atoms with E-state index in [0.717, 1.165) is 11.3 Å². The maximum atomic E-state index is 5.71. The Morgan fingerprint density at radius 3 is 3.50 bits per heavy atom. The molecule has 0 radical (unpaired) electrons. The van der Waals surface area contributed by atoms with E-state index in [1.54, 1.807) is 6.20 Å². The van der Waals surface area contributed by atoms with Crippen LogP contribution in [0.5, 0.6) is 0 Å². The van der Waals surface area contributed by atoms with Crippen molar-refractivity contribution in [1.82, 2.24) is 10.2 Å². The van der Waals surface area contributed by atoms with Crippen molar-refractivity contribution in [1.29, 1.82) is 0 Å². The fourth-order valence-corrected chi connectivity index (χ4v) is 1.14. The first-order valence-electron chi connectivity index (χ1n) is 3.23. The maximum Gasteiger partial charge on any atom is 0.0886 e. The van der Waals surface area contributed by atoms with E-state index in [9.17, 15) is 0 Å². The summed E-state index contributed by atoms with van der Waals surface area (Å²) in [7, 11) is 0. The smallest absolute Gasteiger partial charge is 0.0886 e. The molecule has 2 heterocycles. The summed E-state index contributed by atoms with van der Waals surface area (Å²) in [5.41, 5.74) is 7.81. The van der Waals surface area contributed by atoms with Crippen molar-refractivity contribution >= 4 is 0 Å². The van der Waals surface area contributed by atoms with E-state index in [1.807, 2.05) is 0 Å². The van der Waals surface area contributed by atoms with Gasteiger partial charge in [-0.25, -0.2) is 0 Å². The topological polar surface area (TPSA) is 63.9 Å². The molecule has 1 aromatic heterocycles. The van der Waals surface area contributed by atoms with Gasteiger partial charge in [-0.05, 0) is 0 Å². The molecule has 1 aromatic rings. The molecule has 0 aromatic carbocycles. The lowest BCUT2D eigenvalue weighted by Crippen LogP contribution is -2.22. The molecule has 54 valence electrons. The zero-order valence-corrected chi connectivity index (χ0v) is 5.50. The maximum absolute atomic E-state index is 5.71. The zero-order chi connectivity index (χ0) is 6.97. The van der Waals surface area contributed by atoms with Crippen molar-refractivity contribution in [2.45, 2.75) is 12.6 Å². The molecule has 2 rings (SSSR count). The number of nitrogens with one attached hydrogen (secondary N) is 1. The van der Waals surface area contributed by atoms with Crippen LogP contribution in [0.2, 0.25) is 0 Å². The number of hydrogen-bond donors (Lipinski definition) is 2. The highest BCUT2D eigenvalue weighted by atomic mass is 16.5. The number of fused-ring (bicyclic) bond motifs is 1. The highest BCUT2D eigenvalue weighted by Crippen LogP contribution is 2.19. The van der Waals surface area contributed by atoms with Crippen LogP contribution < -0.4 is 5.73 Å². The Balaban J connectivity index is 2.41. The Kier molecular flexibility index (Phi) is 1.22. The van der Waals surface area contributed by atoms with E-state index in [0.29, 0.717) is 13.2 Å². The minimum absolute atomic E-state index is 0.00231. The number of rotatable bonds is 0. The van der Waals surface area contributed by atoms with E-state index in [1.165, 1.54) is 0 Å². The largest absolute Gasteiger partial charge is 0.373 e. The number of H-pyrrole nitrogens is 1. The molecule has 1 atom stereocenters. The lowest BCUT2D eigenvalue weighted by molar-refractivity contribution is 0.0901. The lowest BCUT2D eigenvalue weighted by atomic mass is 10.1. The highest BCUT2D eigenvalue weighted by Gasteiger charge is 2.17. The monoisotopic (exact) mass is 139 g/mol. The van der Waals surface area contributed by atoms with Crippen molar-refractivity contribution in [3.63, 3.8) is 0 Å². The molecule has 1 aliphatic rings. The molecular formula is C6H9N3O. The third kappa shape index (κ3) is 0.732. The molecule has 0 saturated heterocycles. The number of ether oxygens (including phenoxy) is 1. The summed E-state index contributed by atoms with van der Waals surface area (Å²) >= 11 is 0. The van der Waals surface area contributed by atoms with Gasteiger partial charge in [-0.1, -0.05) is 0 Å². The molecule has 1 aliphatic heterocycles. The molecule has 0 saturated carbocycles. The first-order chi connectivity index (χ1) is 4.88. The molecular weight excluding hydrogens is 130 g/mol. The van der Waals surface area contributed by atoms with Crippen LogP contribution in [0.4, 0.5) is 0 Å². The summed E-state index contributed by atoms with van der Waals surface area (Å²) in [6.07, 6.45) is 1.77. The molecule has 3 N–H and O–H groups in total. The van der Waals surface area contributed by atoms with Crippen LogP contribution in [-0.4, -0.2) is 16.8 Å². The summed E-state index contributed by atoms with van der Waals surface area (Å²) in [4.78, 5) is 0. The van der Waals surface area contributed by atoms with Gasteiger partial charge in [0.25, 0.3) is 0 Å². The quantitative estimate of drug-likeness (QED) is 0.529. The Morgan fingerprint density at radius 1 is 1.80 bits per heavy atom. The van der Waals surface area contributed by atoms with E-state index in [2.05, 4.69) is 10.2 Å². The summed E-state index contributed by atoms with van der Waals surface area (Å²) < 4.78 is 5.17. The van der Waals surface area contributed by atoms with Crippen molar-refractivity contribution in [3.8, 4) is 0 Å². The molecule has 0 fully saturated rings. The number of nitrogens with two attached hydrogens (primary N) is 1. The van der Waals surface area contributed by atoms with Crippen LogP contribution >= 0.6 is 0 Å². The molecule has 0 aliphatic carbocycles. The van der Waals surface area contributed by atoms with Gasteiger partial charge in [0.2, 0.25) is 0 Å². The fraction of sp³-hybridized carbons (Fsp3) is 0.500. The van der Waals surface area contributed by atoms with Crippen molar-refractivity contribution in [2.75, 3.05) is 6.61 Å². The van der Waals surface area contributed by atoms with Crippen molar-refractivity contribution in [2.24, 2.45) is 5.73 Å². The Labute approximate surface area is 58.4 Å². The molecule has 4 nitrogen and oxygen atoms in total. The summed E-state index contributed by atoms with van der Waals surface area (Å²) in [6, 6.07) is 0.00231. The van der Waals surface area contributed by atoms with Gasteiger partial charge in [-0.2, -0.15) is 5.10 Å². The lowest BCUT2D eigenvalue weighted by Gasteiger charge is -2.17.